The van der Waals surface area contributed by atoms with Crippen LogP contribution in [0.15, 0.2) is 17.7 Å². The van der Waals surface area contributed by atoms with Gasteiger partial charge in [-0.2, -0.15) is 0 Å². The van der Waals surface area contributed by atoms with E-state index < -0.39 is 0 Å². The number of aromatic hydroxyl groups is 1. The van der Waals surface area contributed by atoms with Crippen LogP contribution in [0.1, 0.15) is 47.3 Å². The van der Waals surface area contributed by atoms with Gasteiger partial charge >= 0.3 is 0 Å². The summed E-state index contributed by atoms with van der Waals surface area (Å²) >= 11 is 0. The first kappa shape index (κ1) is 13.5. The molecule has 0 aromatic heterocycles. The maximum atomic E-state index is 10.9. The highest BCUT2D eigenvalue weighted by molar-refractivity contribution is 5.82. The molecule has 0 atom stereocenters. The van der Waals surface area contributed by atoms with Crippen molar-refractivity contribution in [2.24, 2.45) is 0 Å². The predicted molar refractivity (Wildman–Crippen MR) is 70.7 cm³/mol. The molecule has 0 saturated heterocycles. The van der Waals surface area contributed by atoms with E-state index >= 15 is 0 Å². The summed E-state index contributed by atoms with van der Waals surface area (Å²) in [5, 5.41) is 9.95. The van der Waals surface area contributed by atoms with Gasteiger partial charge in [-0.15, -0.1) is 0 Å². The molecule has 0 saturated carbocycles. The number of phenolic OH excluding ortho intramolecular Hbond substituents is 1. The molecule has 0 heterocycles. The Kier molecular flexibility index (Phi) is 4.50. The number of hydrogen-bond acceptors (Lipinski definition) is 2. The third-order valence-corrected chi connectivity index (χ3v) is 3.05. The van der Waals surface area contributed by atoms with E-state index in [0.717, 1.165) is 35.8 Å². The van der Waals surface area contributed by atoms with Gasteiger partial charge < -0.3 is 5.11 Å². The van der Waals surface area contributed by atoms with E-state index in [-0.39, 0.29) is 5.75 Å². The van der Waals surface area contributed by atoms with Crippen LogP contribution in [0.5, 0.6) is 5.75 Å². The number of hydrogen-bond donors (Lipinski definition) is 1. The van der Waals surface area contributed by atoms with Crippen LogP contribution in [0.25, 0.3) is 0 Å². The number of benzene rings is 1. The number of aryl methyl sites for hydroxylation is 1. The quantitative estimate of drug-likeness (QED) is 0.634. The molecule has 0 aliphatic rings. The van der Waals surface area contributed by atoms with Crippen molar-refractivity contribution in [1.29, 1.82) is 0 Å². The van der Waals surface area contributed by atoms with Gasteiger partial charge in [-0.3, -0.25) is 4.79 Å². The van der Waals surface area contributed by atoms with E-state index in [0.29, 0.717) is 5.56 Å². The molecule has 0 bridgehead atoms. The maximum Gasteiger partial charge on any atom is 0.154 e. The smallest absolute Gasteiger partial charge is 0.154 e. The van der Waals surface area contributed by atoms with Gasteiger partial charge in [0.2, 0.25) is 0 Å². The fourth-order valence-electron chi connectivity index (χ4n) is 2.04. The second-order valence-electron chi connectivity index (χ2n) is 4.49. The normalized spacial score (nSPS) is 11.6. The molecule has 0 amide bonds. The minimum Gasteiger partial charge on any atom is -0.507 e. The zero-order chi connectivity index (χ0) is 13.0. The molecular weight excluding hydrogens is 212 g/mol. The molecule has 2 heteroatoms. The summed E-state index contributed by atoms with van der Waals surface area (Å²) < 4.78 is 0. The summed E-state index contributed by atoms with van der Waals surface area (Å²) in [5.41, 5.74) is 4.42. The zero-order valence-electron chi connectivity index (χ0n) is 11.0. The van der Waals surface area contributed by atoms with Gasteiger partial charge in [-0.25, -0.2) is 0 Å². The Morgan fingerprint density at radius 2 is 2.06 bits per heavy atom. The SMILES string of the molecule is CC/C=C(\C)Cc1cc(C)c(C=O)c(O)c1C. The van der Waals surface area contributed by atoms with Crippen LogP contribution >= 0.6 is 0 Å². The highest BCUT2D eigenvalue weighted by Crippen LogP contribution is 2.28. The van der Waals surface area contributed by atoms with Gasteiger partial charge in [0.15, 0.2) is 6.29 Å². The molecule has 0 radical (unpaired) electrons. The first-order chi connectivity index (χ1) is 8.01. The second-order valence-corrected chi connectivity index (χ2v) is 4.49. The zero-order valence-corrected chi connectivity index (χ0v) is 11.0. The Balaban J connectivity index is 3.19. The van der Waals surface area contributed by atoms with Crippen LogP contribution in [0, 0.1) is 13.8 Å². The minimum absolute atomic E-state index is 0.124. The molecule has 0 fully saturated rings. The van der Waals surface area contributed by atoms with Crippen molar-refractivity contribution in [2.75, 3.05) is 0 Å². The fourth-order valence-corrected chi connectivity index (χ4v) is 2.04. The van der Waals surface area contributed by atoms with Gasteiger partial charge in [0.1, 0.15) is 5.75 Å². The number of aldehydes is 1. The van der Waals surface area contributed by atoms with Crippen molar-refractivity contribution in [1.82, 2.24) is 0 Å². The molecular formula is C15H20O2. The van der Waals surface area contributed by atoms with Crippen LogP contribution in [-0.4, -0.2) is 11.4 Å². The van der Waals surface area contributed by atoms with Crippen molar-refractivity contribution in [3.8, 4) is 5.75 Å². The average molecular weight is 232 g/mol. The van der Waals surface area contributed by atoms with Gasteiger partial charge in [0.05, 0.1) is 5.56 Å². The van der Waals surface area contributed by atoms with Crippen molar-refractivity contribution < 1.29 is 9.90 Å². The van der Waals surface area contributed by atoms with Crippen molar-refractivity contribution in [2.45, 2.75) is 40.5 Å². The van der Waals surface area contributed by atoms with Crippen molar-refractivity contribution in [3.63, 3.8) is 0 Å². The van der Waals surface area contributed by atoms with Gasteiger partial charge in [0, 0.05) is 0 Å². The van der Waals surface area contributed by atoms with Gasteiger partial charge in [-0.1, -0.05) is 24.6 Å². The standard InChI is InChI=1S/C15H20O2/c1-5-6-10(2)7-13-8-11(3)14(9-16)15(17)12(13)4/h6,8-9,17H,5,7H2,1-4H3/b10-6+. The highest BCUT2D eigenvalue weighted by atomic mass is 16.3. The van der Waals surface area contributed by atoms with E-state index in [4.69, 9.17) is 0 Å². The lowest BCUT2D eigenvalue weighted by Gasteiger charge is -2.12. The maximum absolute atomic E-state index is 10.9. The lowest BCUT2D eigenvalue weighted by molar-refractivity contribution is 0.112. The Morgan fingerprint density at radius 1 is 1.41 bits per heavy atom. The van der Waals surface area contributed by atoms with Crippen LogP contribution in [0.4, 0.5) is 0 Å². The van der Waals surface area contributed by atoms with Gasteiger partial charge in [-0.05, 0) is 50.3 Å². The molecule has 2 nitrogen and oxygen atoms in total. The third kappa shape index (κ3) is 2.96. The number of carbonyl (C=O) groups excluding carboxylic acids is 1. The summed E-state index contributed by atoms with van der Waals surface area (Å²) in [6.45, 7) is 7.90. The average Bonchev–Trinajstić information content (AvgIpc) is 2.26. The number of phenols is 1. The topological polar surface area (TPSA) is 37.3 Å². The number of allylic oxidation sites excluding steroid dienone is 2. The first-order valence-electron chi connectivity index (χ1n) is 5.94. The minimum atomic E-state index is 0.124. The second kappa shape index (κ2) is 5.67. The Hall–Kier alpha value is -1.57. The van der Waals surface area contributed by atoms with Crippen molar-refractivity contribution >= 4 is 6.29 Å². The Labute approximate surface area is 103 Å². The number of carbonyl (C=O) groups is 1. The lowest BCUT2D eigenvalue weighted by atomic mass is 9.94. The molecule has 1 rings (SSSR count). The summed E-state index contributed by atoms with van der Waals surface area (Å²) in [5.74, 6) is 0.124. The predicted octanol–water partition coefficient (Wildman–Crippen LogP) is 3.72. The Morgan fingerprint density at radius 3 is 2.59 bits per heavy atom. The van der Waals surface area contributed by atoms with Crippen LogP contribution in [-0.2, 0) is 6.42 Å². The van der Waals surface area contributed by atoms with E-state index in [1.807, 2.05) is 19.9 Å². The van der Waals surface area contributed by atoms with E-state index in [1.165, 1.54) is 5.57 Å². The fraction of sp³-hybridized carbons (Fsp3) is 0.400. The summed E-state index contributed by atoms with van der Waals surface area (Å²) in [4.78, 5) is 10.9. The molecule has 0 spiro atoms. The van der Waals surface area contributed by atoms with Crippen LogP contribution < -0.4 is 0 Å². The molecule has 1 N–H and O–H groups in total. The highest BCUT2D eigenvalue weighted by Gasteiger charge is 2.11. The molecule has 0 aliphatic carbocycles. The van der Waals surface area contributed by atoms with Gasteiger partial charge in [0.25, 0.3) is 0 Å². The Bertz CT molecular complexity index is 456. The molecule has 0 aliphatic heterocycles. The van der Waals surface area contributed by atoms with E-state index in [2.05, 4.69) is 19.9 Å². The summed E-state index contributed by atoms with van der Waals surface area (Å²) in [6, 6.07) is 1.99. The summed E-state index contributed by atoms with van der Waals surface area (Å²) in [6.07, 6.45) is 4.74. The van der Waals surface area contributed by atoms with Crippen LogP contribution in [0.3, 0.4) is 0 Å². The lowest BCUT2D eigenvalue weighted by Crippen LogP contribution is -1.98. The largest absolute Gasteiger partial charge is 0.507 e. The van der Waals surface area contributed by atoms with Crippen LogP contribution in [0.2, 0.25) is 0 Å². The molecule has 0 unspecified atom stereocenters. The monoisotopic (exact) mass is 232 g/mol. The molecule has 1 aromatic carbocycles. The van der Waals surface area contributed by atoms with E-state index in [9.17, 15) is 9.90 Å². The molecule has 1 aromatic rings. The van der Waals surface area contributed by atoms with E-state index in [1.54, 1.807) is 0 Å². The third-order valence-electron chi connectivity index (χ3n) is 3.05. The molecule has 92 valence electrons. The van der Waals surface area contributed by atoms with Crippen molar-refractivity contribution in [3.05, 3.63) is 40.0 Å². The summed E-state index contributed by atoms with van der Waals surface area (Å²) in [7, 11) is 0. The number of rotatable bonds is 4. The molecule has 17 heavy (non-hydrogen) atoms. The first-order valence-corrected chi connectivity index (χ1v) is 5.94.